The molecule has 1 fully saturated rings. The van der Waals surface area contributed by atoms with Crippen LogP contribution in [0.15, 0.2) is 98.5 Å². The molecule has 4 heterocycles. The summed E-state index contributed by atoms with van der Waals surface area (Å²) in [6, 6.07) is 13.7. The number of aliphatic imine (C=N–C) groups is 1. The number of carboxylic acid groups (broad SMARTS) is 1. The van der Waals surface area contributed by atoms with Crippen LogP contribution >= 0.6 is 0 Å². The largest absolute Gasteiger partial charge is 0.548 e. The lowest BCUT2D eigenvalue weighted by molar-refractivity contribution is -1.04. The molecule has 7 rings (SSSR count). The molecule has 3 aliphatic rings. The molecule has 3 aromatic carbocycles. The van der Waals surface area contributed by atoms with Gasteiger partial charge in [0.25, 0.3) is 0 Å². The zero-order valence-electron chi connectivity index (χ0n) is 32.1. The van der Waals surface area contributed by atoms with Crippen molar-refractivity contribution in [2.45, 2.75) is 62.8 Å². The molecule has 18 nitrogen and oxygen atoms in total. The number of hydroxylamine groups is 2. The Bertz CT molecular complexity index is 2440. The van der Waals surface area contributed by atoms with Crippen LogP contribution in [0.25, 0.3) is 27.8 Å². The number of aldehydes is 1. The van der Waals surface area contributed by atoms with Gasteiger partial charge >= 0.3 is 5.97 Å². The lowest BCUT2D eigenvalue weighted by Crippen LogP contribution is -3.09. The maximum Gasteiger partial charge on any atom is 0.331 e. The summed E-state index contributed by atoms with van der Waals surface area (Å²) in [5.41, 5.74) is 2.11. The number of carbonyl (C=O) groups excluding carboxylic acids is 3. The van der Waals surface area contributed by atoms with Gasteiger partial charge in [-0.1, -0.05) is 29.3 Å². The van der Waals surface area contributed by atoms with Crippen LogP contribution in [0.5, 0.6) is 11.5 Å². The number of ether oxygens (including phenoxy) is 3. The second-order valence-corrected chi connectivity index (χ2v) is 14.6. The van der Waals surface area contributed by atoms with E-state index in [9.17, 15) is 49.8 Å². The van der Waals surface area contributed by atoms with E-state index in [0.29, 0.717) is 23.2 Å². The van der Waals surface area contributed by atoms with Crippen molar-refractivity contribution in [1.29, 1.82) is 0 Å². The van der Waals surface area contributed by atoms with E-state index in [1.54, 1.807) is 24.4 Å². The molecular weight excluding hydrogens is 786 g/mol. The number of aliphatic hydroxyl groups is 4. The fourth-order valence-electron chi connectivity index (χ4n) is 7.40. The molecule has 0 radical (unpaired) electrons. The second kappa shape index (κ2) is 17.3. The number of quaternary nitrogens is 1. The highest BCUT2D eigenvalue weighted by Gasteiger charge is 2.62. The van der Waals surface area contributed by atoms with Gasteiger partial charge in [-0.3, -0.25) is 10.1 Å². The first kappa shape index (κ1) is 42.0. The normalized spacial score (nSPS) is 24.5. The number of fused-ring (bicyclic) bond motifs is 2. The summed E-state index contributed by atoms with van der Waals surface area (Å²) < 4.78 is 23.0. The number of hydrogen-bond acceptors (Lipinski definition) is 17. The summed E-state index contributed by atoms with van der Waals surface area (Å²) in [5.74, 6) is -3.58. The molecule has 314 valence electrons. The topological polar surface area (TPSA) is 271 Å². The van der Waals surface area contributed by atoms with Crippen LogP contribution in [0, 0.1) is 13.8 Å². The summed E-state index contributed by atoms with van der Waals surface area (Å²) in [6.45, 7) is 2.50. The molecule has 1 aromatic heterocycles. The van der Waals surface area contributed by atoms with E-state index in [4.69, 9.17) is 23.5 Å². The number of nitrogens with one attached hydrogen (secondary N) is 2. The summed E-state index contributed by atoms with van der Waals surface area (Å²) in [6.07, 6.45) is -5.61. The van der Waals surface area contributed by atoms with Crippen molar-refractivity contribution in [3.05, 3.63) is 111 Å². The van der Waals surface area contributed by atoms with Gasteiger partial charge in [-0.05, 0) is 61.9 Å². The summed E-state index contributed by atoms with van der Waals surface area (Å²) in [5, 5.41) is 69.8. The number of aliphatic hydroxyl groups excluding tert-OH is 3. The van der Waals surface area contributed by atoms with E-state index in [1.165, 1.54) is 36.6 Å². The third-order valence-corrected chi connectivity index (χ3v) is 10.3. The Morgan fingerprint density at radius 3 is 2.52 bits per heavy atom. The lowest BCUT2D eigenvalue weighted by atomic mass is 9.84. The van der Waals surface area contributed by atoms with Crippen LogP contribution in [-0.2, 0) is 28.7 Å². The van der Waals surface area contributed by atoms with Gasteiger partial charge in [0.1, 0.15) is 54.0 Å². The second-order valence-electron chi connectivity index (χ2n) is 14.6. The number of aryl methyl sites for hydroxylation is 2. The summed E-state index contributed by atoms with van der Waals surface area (Å²) in [4.78, 5) is 60.0. The number of phenolic OH excluding ortho intramolecular Hbond substituents is 1. The summed E-state index contributed by atoms with van der Waals surface area (Å²) in [7, 11) is 0. The number of aliphatic carboxylic acids is 1. The molecule has 1 saturated heterocycles. The summed E-state index contributed by atoms with van der Waals surface area (Å²) >= 11 is 0. The number of carbonyl (C=O) groups is 3. The predicted molar refractivity (Wildman–Crippen MR) is 207 cm³/mol. The van der Waals surface area contributed by atoms with Gasteiger partial charge in [0.2, 0.25) is 18.7 Å². The predicted octanol–water partition coefficient (Wildman–Crippen LogP) is -1.29. The lowest BCUT2D eigenvalue weighted by Gasteiger charge is -2.48. The molecule has 1 unspecified atom stereocenters. The first-order valence-corrected chi connectivity index (χ1v) is 18.8. The van der Waals surface area contributed by atoms with Crippen molar-refractivity contribution in [3.8, 4) is 22.6 Å². The van der Waals surface area contributed by atoms with Crippen molar-refractivity contribution >= 4 is 41.1 Å². The van der Waals surface area contributed by atoms with Gasteiger partial charge in [0, 0.05) is 36.4 Å². The highest BCUT2D eigenvalue weighted by Crippen LogP contribution is 2.37. The molecule has 0 saturated carbocycles. The standard InChI is InChI=1S/C42H41N3O15/c1-21-14-22(2)16-25(15-21)33-31-24(10-12-44-31)18-45(33)60-37-41(57-27-8-9-28-30(17-27)56-19-29(34(28)49)23-4-6-26(48)7-5-23)58-35(36(50)42(37,55)20-47)40(54)59-39(53)32(38(51)52)43-11-3-13-46/h4-10,12-17,19,32,35-37,40-41,43,47-48,50,54-55H,3,11,18,20H2,1-2H3,(H,51,52)/t32-,35-,36+,37+,40+,41+,42-/m1/s1. The average molecular weight is 828 g/mol. The molecule has 18 heteroatoms. The van der Waals surface area contributed by atoms with Gasteiger partial charge in [-0.15, -0.1) is 0 Å². The highest BCUT2D eigenvalue weighted by molar-refractivity contribution is 5.97. The number of phenols is 1. The van der Waals surface area contributed by atoms with Crippen molar-refractivity contribution < 1.29 is 73.6 Å². The van der Waals surface area contributed by atoms with Gasteiger partial charge in [-0.25, -0.2) is 9.79 Å². The highest BCUT2D eigenvalue weighted by atomic mass is 16.8. The van der Waals surface area contributed by atoms with E-state index < -0.39 is 66.5 Å². The molecule has 4 aromatic rings. The zero-order valence-corrected chi connectivity index (χ0v) is 32.1. The van der Waals surface area contributed by atoms with Crippen LogP contribution < -0.4 is 25.7 Å². The molecule has 0 amide bonds. The van der Waals surface area contributed by atoms with Crippen LogP contribution in [-0.4, -0.2) is 112 Å². The Kier molecular flexibility index (Phi) is 12.1. The van der Waals surface area contributed by atoms with Crippen LogP contribution in [0.4, 0.5) is 0 Å². The SMILES string of the molecule is Cc1cc(C)cc(C2=C3N=CC=C3C[NH+]2O[C@H]2[C@@H](Oc3ccc4c(=O)c(-c5ccc(O)cc5)coc4c3)O[C@@H]([C@@H](O)OC(=O)[C@H](NCCC=O)C(=O)[O-])[C@H](O)[C@]2(O)CO)c1. The number of benzene rings is 3. The number of allylic oxidation sites excluding steroid dienone is 1. The Hall–Kier alpha value is -6.09. The van der Waals surface area contributed by atoms with E-state index in [-0.39, 0.29) is 52.6 Å². The van der Waals surface area contributed by atoms with Crippen molar-refractivity contribution in [2.75, 3.05) is 19.7 Å². The van der Waals surface area contributed by atoms with E-state index in [0.717, 1.165) is 22.3 Å². The van der Waals surface area contributed by atoms with E-state index in [2.05, 4.69) is 10.3 Å². The molecule has 60 heavy (non-hydrogen) atoms. The molecule has 0 bridgehead atoms. The first-order chi connectivity index (χ1) is 28.7. The molecular formula is C42H41N3O15. The third kappa shape index (κ3) is 8.22. The average Bonchev–Trinajstić information content (AvgIpc) is 3.80. The van der Waals surface area contributed by atoms with Crippen LogP contribution in [0.2, 0.25) is 0 Å². The van der Waals surface area contributed by atoms with Crippen molar-refractivity contribution in [2.24, 2.45) is 4.99 Å². The first-order valence-electron chi connectivity index (χ1n) is 18.8. The Labute approximate surface area is 340 Å². The molecule has 0 aliphatic carbocycles. The third-order valence-electron chi connectivity index (χ3n) is 10.3. The van der Waals surface area contributed by atoms with Crippen LogP contribution in [0.3, 0.4) is 0 Å². The molecule has 7 N–H and O–H groups in total. The fourth-order valence-corrected chi connectivity index (χ4v) is 7.40. The van der Waals surface area contributed by atoms with Gasteiger partial charge in [0.15, 0.2) is 22.8 Å². The van der Waals surface area contributed by atoms with Gasteiger partial charge in [-0.2, -0.15) is 9.90 Å². The minimum atomic E-state index is -2.75. The van der Waals surface area contributed by atoms with Gasteiger partial charge < -0.3 is 58.9 Å². The Balaban J connectivity index is 1.25. The molecule has 0 spiro atoms. The Morgan fingerprint density at radius 1 is 1.10 bits per heavy atom. The monoisotopic (exact) mass is 827 g/mol. The smallest absolute Gasteiger partial charge is 0.331 e. The van der Waals surface area contributed by atoms with E-state index >= 15 is 0 Å². The van der Waals surface area contributed by atoms with Crippen LogP contribution in [0.1, 0.15) is 23.1 Å². The Morgan fingerprint density at radius 2 is 1.83 bits per heavy atom. The minimum Gasteiger partial charge on any atom is -0.548 e. The fraction of sp³-hybridized carbons (Fsp3) is 0.310. The maximum absolute atomic E-state index is 13.5. The molecule has 3 aliphatic heterocycles. The number of carboxylic acids is 1. The minimum absolute atomic E-state index is 0.00854. The maximum atomic E-state index is 13.5. The number of nitrogens with zero attached hydrogens (tertiary/aromatic N) is 1. The number of esters is 1. The number of hydrogen-bond donors (Lipinski definition) is 7. The zero-order chi connectivity index (χ0) is 42.9. The van der Waals surface area contributed by atoms with Crippen molar-refractivity contribution in [3.63, 3.8) is 0 Å². The van der Waals surface area contributed by atoms with E-state index in [1.807, 2.05) is 32.0 Å². The molecule has 8 atom stereocenters. The number of aromatic hydroxyl groups is 1. The quantitative estimate of drug-likeness (QED) is 0.0242. The van der Waals surface area contributed by atoms with Crippen molar-refractivity contribution in [1.82, 2.24) is 5.32 Å². The number of rotatable bonds is 15. The van der Waals surface area contributed by atoms with Gasteiger partial charge in [0.05, 0.1) is 23.5 Å².